The summed E-state index contributed by atoms with van der Waals surface area (Å²) in [6, 6.07) is 7.23. The van der Waals surface area contributed by atoms with Gasteiger partial charge in [-0.25, -0.2) is 0 Å². The van der Waals surface area contributed by atoms with E-state index in [-0.39, 0.29) is 0 Å². The second kappa shape index (κ2) is 2.58. The highest BCUT2D eigenvalue weighted by Gasteiger charge is 2.26. The maximum Gasteiger partial charge on any atom is 0.0300 e. The summed E-state index contributed by atoms with van der Waals surface area (Å²) in [7, 11) is 0. The lowest BCUT2D eigenvalue weighted by atomic mass is 10.0. The molecule has 0 bridgehead atoms. The average Bonchev–Trinajstić information content (AvgIpc) is 2.93. The van der Waals surface area contributed by atoms with Crippen molar-refractivity contribution < 1.29 is 0 Å². The quantitative estimate of drug-likeness (QED) is 0.693. The van der Waals surface area contributed by atoms with Crippen LogP contribution >= 0.6 is 0 Å². The van der Waals surface area contributed by atoms with E-state index in [9.17, 15) is 0 Å². The van der Waals surface area contributed by atoms with Crippen molar-refractivity contribution in [2.75, 3.05) is 0 Å². The van der Waals surface area contributed by atoms with E-state index in [2.05, 4.69) is 18.2 Å². The molecule has 1 heteroatoms. The number of rotatable bonds is 1. The van der Waals surface area contributed by atoms with Gasteiger partial charge in [0.25, 0.3) is 0 Å². The first-order chi connectivity index (χ1) is 6.34. The molecule has 68 valence electrons. The van der Waals surface area contributed by atoms with Crippen LogP contribution in [-0.4, -0.2) is 0 Å². The fraction of sp³-hybridized carbons (Fsp3) is 0.500. The van der Waals surface area contributed by atoms with Gasteiger partial charge < -0.3 is 5.73 Å². The molecule has 1 atom stereocenters. The number of nitrogens with two attached hydrogens (primary N) is 1. The Kier molecular flexibility index (Phi) is 1.50. The van der Waals surface area contributed by atoms with Crippen LogP contribution in [0.2, 0.25) is 0 Å². The van der Waals surface area contributed by atoms with E-state index >= 15 is 0 Å². The fourth-order valence-electron chi connectivity index (χ4n) is 2.34. The van der Waals surface area contributed by atoms with Gasteiger partial charge >= 0.3 is 0 Å². The van der Waals surface area contributed by atoms with Gasteiger partial charge in [0, 0.05) is 6.04 Å². The van der Waals surface area contributed by atoms with Gasteiger partial charge in [-0.2, -0.15) is 0 Å². The Morgan fingerprint density at radius 3 is 2.77 bits per heavy atom. The second-order valence-corrected chi connectivity index (χ2v) is 4.38. The van der Waals surface area contributed by atoms with Crippen molar-refractivity contribution in [1.82, 2.24) is 0 Å². The summed E-state index contributed by atoms with van der Waals surface area (Å²) in [4.78, 5) is 0. The zero-order valence-electron chi connectivity index (χ0n) is 7.79. The third-order valence-corrected chi connectivity index (χ3v) is 3.34. The van der Waals surface area contributed by atoms with Gasteiger partial charge in [-0.15, -0.1) is 0 Å². The number of aryl methyl sites for hydroxylation is 1. The van der Waals surface area contributed by atoms with Crippen molar-refractivity contribution >= 4 is 0 Å². The summed E-state index contributed by atoms with van der Waals surface area (Å²) in [5, 5.41) is 0. The van der Waals surface area contributed by atoms with Gasteiger partial charge in [-0.05, 0) is 48.3 Å². The first-order valence-electron chi connectivity index (χ1n) is 5.23. The minimum atomic E-state index is 0.309. The van der Waals surface area contributed by atoms with Crippen LogP contribution in [-0.2, 0) is 6.42 Å². The maximum atomic E-state index is 5.99. The molecule has 2 N–H and O–H groups in total. The zero-order valence-corrected chi connectivity index (χ0v) is 7.79. The monoisotopic (exact) mass is 173 g/mol. The van der Waals surface area contributed by atoms with Crippen LogP contribution in [0.3, 0.4) is 0 Å². The molecule has 1 nitrogen and oxygen atoms in total. The Hall–Kier alpha value is -0.820. The summed E-state index contributed by atoms with van der Waals surface area (Å²) in [5.74, 6) is 0.877. The van der Waals surface area contributed by atoms with E-state index in [1.807, 2.05) is 0 Å². The van der Waals surface area contributed by atoms with Crippen molar-refractivity contribution in [2.24, 2.45) is 5.73 Å². The molecule has 1 fully saturated rings. The van der Waals surface area contributed by atoms with E-state index in [1.54, 1.807) is 5.56 Å². The molecule has 0 amide bonds. The predicted octanol–water partition coefficient (Wildman–Crippen LogP) is 2.51. The highest BCUT2D eigenvalue weighted by atomic mass is 14.6. The summed E-state index contributed by atoms with van der Waals surface area (Å²) in [6.45, 7) is 0. The standard InChI is InChI=1S/C12H15N/c13-12-6-4-10-7-9(8-1-2-8)3-5-11(10)12/h3,5,7-8,12H,1-2,4,6,13H2. The van der Waals surface area contributed by atoms with Crippen LogP contribution in [0.1, 0.15) is 47.9 Å². The molecule has 1 aromatic carbocycles. The van der Waals surface area contributed by atoms with E-state index in [0.29, 0.717) is 6.04 Å². The number of fused-ring (bicyclic) bond motifs is 1. The third kappa shape index (κ3) is 1.19. The average molecular weight is 173 g/mol. The molecule has 1 saturated carbocycles. The highest BCUT2D eigenvalue weighted by molar-refractivity contribution is 5.39. The first kappa shape index (κ1) is 7.57. The number of hydrogen-bond donors (Lipinski definition) is 1. The van der Waals surface area contributed by atoms with Crippen LogP contribution < -0.4 is 5.73 Å². The maximum absolute atomic E-state index is 5.99. The molecule has 13 heavy (non-hydrogen) atoms. The molecule has 3 rings (SSSR count). The Labute approximate surface area is 78.9 Å². The van der Waals surface area contributed by atoms with Gasteiger partial charge in [-0.1, -0.05) is 18.2 Å². The largest absolute Gasteiger partial charge is 0.324 e. The van der Waals surface area contributed by atoms with Crippen LogP contribution in [0.4, 0.5) is 0 Å². The Bertz CT molecular complexity index is 339. The van der Waals surface area contributed by atoms with E-state index in [4.69, 9.17) is 5.73 Å². The lowest BCUT2D eigenvalue weighted by Gasteiger charge is -2.06. The van der Waals surface area contributed by atoms with Gasteiger partial charge in [0.1, 0.15) is 0 Å². The van der Waals surface area contributed by atoms with Crippen LogP contribution in [0.15, 0.2) is 18.2 Å². The van der Waals surface area contributed by atoms with Crippen molar-refractivity contribution in [2.45, 2.75) is 37.6 Å². The Morgan fingerprint density at radius 2 is 2.00 bits per heavy atom. The molecule has 0 heterocycles. The normalized spacial score (nSPS) is 26.1. The van der Waals surface area contributed by atoms with Gasteiger partial charge in [0.2, 0.25) is 0 Å². The van der Waals surface area contributed by atoms with Gasteiger partial charge in [-0.3, -0.25) is 0 Å². The fourth-order valence-corrected chi connectivity index (χ4v) is 2.34. The SMILES string of the molecule is NC1CCc2cc(C3CC3)ccc21. The smallest absolute Gasteiger partial charge is 0.0300 e. The summed E-state index contributed by atoms with van der Waals surface area (Å²) < 4.78 is 0. The van der Waals surface area contributed by atoms with E-state index in [0.717, 1.165) is 12.3 Å². The first-order valence-corrected chi connectivity index (χ1v) is 5.23. The minimum Gasteiger partial charge on any atom is -0.324 e. The van der Waals surface area contributed by atoms with Crippen molar-refractivity contribution in [1.29, 1.82) is 0 Å². The number of benzene rings is 1. The molecule has 0 radical (unpaired) electrons. The van der Waals surface area contributed by atoms with Crippen LogP contribution in [0, 0.1) is 0 Å². The zero-order chi connectivity index (χ0) is 8.84. The molecule has 0 aliphatic heterocycles. The lowest BCUT2D eigenvalue weighted by molar-refractivity contribution is 0.713. The molecule has 0 saturated heterocycles. The van der Waals surface area contributed by atoms with Gasteiger partial charge in [0.05, 0.1) is 0 Å². The van der Waals surface area contributed by atoms with E-state index in [1.165, 1.54) is 30.4 Å². The molecule has 1 aromatic rings. The second-order valence-electron chi connectivity index (χ2n) is 4.38. The molecule has 0 aromatic heterocycles. The van der Waals surface area contributed by atoms with Crippen LogP contribution in [0.25, 0.3) is 0 Å². The minimum absolute atomic E-state index is 0.309. The van der Waals surface area contributed by atoms with Crippen molar-refractivity contribution in [3.8, 4) is 0 Å². The molecular formula is C12H15N. The molecule has 2 aliphatic carbocycles. The molecule has 1 unspecified atom stereocenters. The lowest BCUT2D eigenvalue weighted by Crippen LogP contribution is -2.04. The molecular weight excluding hydrogens is 158 g/mol. The van der Waals surface area contributed by atoms with Gasteiger partial charge in [0.15, 0.2) is 0 Å². The Morgan fingerprint density at radius 1 is 1.15 bits per heavy atom. The van der Waals surface area contributed by atoms with Crippen molar-refractivity contribution in [3.05, 3.63) is 34.9 Å². The predicted molar refractivity (Wildman–Crippen MR) is 53.7 cm³/mol. The third-order valence-electron chi connectivity index (χ3n) is 3.34. The highest BCUT2D eigenvalue weighted by Crippen LogP contribution is 2.42. The summed E-state index contributed by atoms with van der Waals surface area (Å²) in [6.07, 6.45) is 5.12. The Balaban J connectivity index is 2.02. The van der Waals surface area contributed by atoms with E-state index < -0.39 is 0 Å². The summed E-state index contributed by atoms with van der Waals surface area (Å²) in [5.41, 5.74) is 10.4. The number of hydrogen-bond acceptors (Lipinski definition) is 1. The molecule has 2 aliphatic rings. The topological polar surface area (TPSA) is 26.0 Å². The van der Waals surface area contributed by atoms with Crippen LogP contribution in [0.5, 0.6) is 0 Å². The molecule has 0 spiro atoms. The summed E-state index contributed by atoms with van der Waals surface area (Å²) >= 11 is 0. The van der Waals surface area contributed by atoms with Crippen molar-refractivity contribution in [3.63, 3.8) is 0 Å².